The molecule has 1 nitrogen and oxygen atoms in total. The maximum Gasteiger partial charge on any atom is 0.0713 e. The Bertz CT molecular complexity index is 3550. The fraction of sp³-hybridized carbons (Fsp3) is 0.0294. The Balaban J connectivity index is 1.06. The van der Waals surface area contributed by atoms with Gasteiger partial charge in [-0.05, 0) is 120 Å². The number of rotatable bonds is 9. The standard InChI is InChI=1S/C68H47N/c1-6-22-48(23-7-1)50-38-45-66(60(46-50)49-24-8-2-9-25-49)69(55-41-39-54(40-42-55)68(53-30-14-5-15-31-53)62-35-19-16-32-57(62)58-33-17-20-36-63(58)68)56-43-44-65-61(47-56)59-34-18-21-37-64(59)67(65,51-26-10-3-11-27-51)52-28-12-4-13-29-52/h1-47H. The Morgan fingerprint density at radius 1 is 0.217 bits per heavy atom. The normalized spacial score (nSPS) is 13.4. The summed E-state index contributed by atoms with van der Waals surface area (Å²) < 4.78 is 0. The van der Waals surface area contributed by atoms with Gasteiger partial charge in [0.15, 0.2) is 0 Å². The van der Waals surface area contributed by atoms with Crippen LogP contribution in [0.1, 0.15) is 44.5 Å². The van der Waals surface area contributed by atoms with E-state index in [1.54, 1.807) is 0 Å². The average Bonchev–Trinajstić information content (AvgIpc) is 3.91. The van der Waals surface area contributed by atoms with Crippen LogP contribution in [-0.2, 0) is 10.8 Å². The molecular weight excluding hydrogens is 831 g/mol. The minimum absolute atomic E-state index is 0.494. The van der Waals surface area contributed by atoms with Gasteiger partial charge in [0.05, 0.1) is 16.5 Å². The van der Waals surface area contributed by atoms with E-state index in [9.17, 15) is 0 Å². The maximum absolute atomic E-state index is 2.49. The molecule has 1 heteroatoms. The number of fused-ring (bicyclic) bond motifs is 6. The molecule has 0 bridgehead atoms. The molecule has 0 aliphatic heterocycles. The van der Waals surface area contributed by atoms with Crippen molar-refractivity contribution in [3.63, 3.8) is 0 Å². The quantitative estimate of drug-likeness (QED) is 0.140. The molecule has 2 aliphatic carbocycles. The Morgan fingerprint density at radius 2 is 0.594 bits per heavy atom. The molecule has 11 aromatic carbocycles. The van der Waals surface area contributed by atoms with Gasteiger partial charge in [0.1, 0.15) is 0 Å². The van der Waals surface area contributed by atoms with Crippen molar-refractivity contribution >= 4 is 17.1 Å². The lowest BCUT2D eigenvalue weighted by atomic mass is 9.67. The van der Waals surface area contributed by atoms with E-state index in [1.165, 1.54) is 77.9 Å². The van der Waals surface area contributed by atoms with Crippen LogP contribution in [0.15, 0.2) is 285 Å². The fourth-order valence-corrected chi connectivity index (χ4v) is 12.0. The van der Waals surface area contributed by atoms with Crippen LogP contribution in [0.25, 0.3) is 44.5 Å². The Hall–Kier alpha value is -8.78. The van der Waals surface area contributed by atoms with Crippen molar-refractivity contribution in [3.8, 4) is 44.5 Å². The van der Waals surface area contributed by atoms with Gasteiger partial charge in [-0.25, -0.2) is 0 Å². The van der Waals surface area contributed by atoms with E-state index in [1.807, 2.05) is 0 Å². The topological polar surface area (TPSA) is 3.24 Å². The van der Waals surface area contributed by atoms with Crippen molar-refractivity contribution in [2.24, 2.45) is 0 Å². The minimum Gasteiger partial charge on any atom is -0.310 e. The lowest BCUT2D eigenvalue weighted by Gasteiger charge is -2.35. The second-order valence-electron chi connectivity index (χ2n) is 18.3. The summed E-state index contributed by atoms with van der Waals surface area (Å²) in [5.74, 6) is 0. The number of hydrogen-bond donors (Lipinski definition) is 0. The zero-order valence-electron chi connectivity index (χ0n) is 38.1. The smallest absolute Gasteiger partial charge is 0.0713 e. The van der Waals surface area contributed by atoms with Crippen molar-refractivity contribution in [3.05, 3.63) is 330 Å². The zero-order valence-corrected chi connectivity index (χ0v) is 38.1. The molecular formula is C68H47N. The predicted octanol–water partition coefficient (Wildman–Crippen LogP) is 17.2. The van der Waals surface area contributed by atoms with Gasteiger partial charge in [0, 0.05) is 16.9 Å². The van der Waals surface area contributed by atoms with Crippen molar-refractivity contribution in [1.29, 1.82) is 0 Å². The third-order valence-electron chi connectivity index (χ3n) is 14.8. The molecule has 11 aromatic rings. The van der Waals surface area contributed by atoms with Crippen molar-refractivity contribution < 1.29 is 0 Å². The van der Waals surface area contributed by atoms with E-state index in [-0.39, 0.29) is 0 Å². The van der Waals surface area contributed by atoms with E-state index in [0.29, 0.717) is 0 Å². The summed E-state index contributed by atoms with van der Waals surface area (Å²) in [4.78, 5) is 2.49. The van der Waals surface area contributed by atoms with Crippen LogP contribution in [0, 0.1) is 0 Å². The van der Waals surface area contributed by atoms with Crippen molar-refractivity contribution in [2.75, 3.05) is 4.90 Å². The van der Waals surface area contributed by atoms with E-state index in [2.05, 4.69) is 290 Å². The highest BCUT2D eigenvalue weighted by atomic mass is 15.1. The minimum atomic E-state index is -0.500. The van der Waals surface area contributed by atoms with Crippen LogP contribution in [0.3, 0.4) is 0 Å². The van der Waals surface area contributed by atoms with Gasteiger partial charge in [-0.15, -0.1) is 0 Å². The van der Waals surface area contributed by atoms with Crippen LogP contribution in [-0.4, -0.2) is 0 Å². The van der Waals surface area contributed by atoms with E-state index >= 15 is 0 Å². The molecule has 0 heterocycles. The largest absolute Gasteiger partial charge is 0.310 e. The van der Waals surface area contributed by atoms with Gasteiger partial charge < -0.3 is 4.90 Å². The summed E-state index contributed by atoms with van der Waals surface area (Å²) in [6.07, 6.45) is 0. The molecule has 13 rings (SSSR count). The SMILES string of the molecule is c1ccc(-c2ccc(N(c3ccc(C4(c5ccccc5)c5ccccc5-c5ccccc54)cc3)c3ccc4c(c3)-c3ccccc3C4(c3ccccc3)c3ccccc3)c(-c3ccccc3)c2)cc1. The molecule has 0 fully saturated rings. The van der Waals surface area contributed by atoms with Crippen LogP contribution in [0.4, 0.5) is 17.1 Å². The highest BCUT2D eigenvalue weighted by Crippen LogP contribution is 2.59. The van der Waals surface area contributed by atoms with Gasteiger partial charge in [0.2, 0.25) is 0 Å². The van der Waals surface area contributed by atoms with Gasteiger partial charge >= 0.3 is 0 Å². The summed E-state index contributed by atoms with van der Waals surface area (Å²) in [7, 11) is 0. The fourth-order valence-electron chi connectivity index (χ4n) is 12.0. The third kappa shape index (κ3) is 6.24. The molecule has 324 valence electrons. The van der Waals surface area contributed by atoms with Gasteiger partial charge in [-0.2, -0.15) is 0 Å². The van der Waals surface area contributed by atoms with E-state index < -0.39 is 10.8 Å². The second-order valence-corrected chi connectivity index (χ2v) is 18.3. The molecule has 69 heavy (non-hydrogen) atoms. The highest BCUT2D eigenvalue weighted by molar-refractivity contribution is 5.95. The average molecular weight is 878 g/mol. The van der Waals surface area contributed by atoms with E-state index in [0.717, 1.165) is 28.2 Å². The summed E-state index contributed by atoms with van der Waals surface area (Å²) in [6.45, 7) is 0. The summed E-state index contributed by atoms with van der Waals surface area (Å²) in [6, 6.07) is 105. The van der Waals surface area contributed by atoms with Crippen LogP contribution < -0.4 is 4.90 Å². The summed E-state index contributed by atoms with van der Waals surface area (Å²) in [5, 5.41) is 0. The third-order valence-corrected chi connectivity index (χ3v) is 14.8. The lowest BCUT2D eigenvalue weighted by Crippen LogP contribution is -2.28. The second kappa shape index (κ2) is 16.5. The van der Waals surface area contributed by atoms with Crippen molar-refractivity contribution in [1.82, 2.24) is 0 Å². The number of benzene rings is 11. The molecule has 0 saturated carbocycles. The first-order valence-corrected chi connectivity index (χ1v) is 24.0. The molecule has 0 spiro atoms. The van der Waals surface area contributed by atoms with Gasteiger partial charge in [-0.3, -0.25) is 0 Å². The van der Waals surface area contributed by atoms with Crippen LogP contribution >= 0.6 is 0 Å². The molecule has 0 saturated heterocycles. The maximum atomic E-state index is 2.49. The van der Waals surface area contributed by atoms with Crippen molar-refractivity contribution in [2.45, 2.75) is 10.8 Å². The lowest BCUT2D eigenvalue weighted by molar-refractivity contribution is 0.768. The molecule has 0 N–H and O–H groups in total. The first kappa shape index (κ1) is 40.5. The predicted molar refractivity (Wildman–Crippen MR) is 287 cm³/mol. The number of nitrogens with zero attached hydrogens (tertiary/aromatic N) is 1. The first-order valence-electron chi connectivity index (χ1n) is 24.0. The molecule has 0 amide bonds. The highest BCUT2D eigenvalue weighted by Gasteiger charge is 2.47. The monoisotopic (exact) mass is 877 g/mol. The Labute approximate surface area is 404 Å². The molecule has 0 radical (unpaired) electrons. The summed E-state index contributed by atoms with van der Waals surface area (Å²) >= 11 is 0. The summed E-state index contributed by atoms with van der Waals surface area (Å²) in [5.41, 5.74) is 22.2. The number of hydrogen-bond acceptors (Lipinski definition) is 1. The molecule has 2 aliphatic rings. The van der Waals surface area contributed by atoms with E-state index in [4.69, 9.17) is 0 Å². The Kier molecular flexibility index (Phi) is 9.70. The van der Waals surface area contributed by atoms with Crippen LogP contribution in [0.2, 0.25) is 0 Å². The Morgan fingerprint density at radius 3 is 1.09 bits per heavy atom. The number of anilines is 3. The van der Waals surface area contributed by atoms with Gasteiger partial charge in [-0.1, -0.05) is 249 Å². The van der Waals surface area contributed by atoms with Crippen LogP contribution in [0.5, 0.6) is 0 Å². The zero-order chi connectivity index (χ0) is 45.8. The molecule has 0 atom stereocenters. The molecule has 0 unspecified atom stereocenters. The van der Waals surface area contributed by atoms with Gasteiger partial charge in [0.25, 0.3) is 0 Å². The first-order chi connectivity index (χ1) is 34.2. The molecule has 0 aromatic heterocycles.